The summed E-state index contributed by atoms with van der Waals surface area (Å²) >= 11 is 0. The van der Waals surface area contributed by atoms with Gasteiger partial charge in [-0.1, -0.05) is 174 Å². The van der Waals surface area contributed by atoms with Gasteiger partial charge in [0, 0.05) is 6.42 Å². The summed E-state index contributed by atoms with van der Waals surface area (Å²) in [5, 5.41) is 119. The Morgan fingerprint density at radius 1 is 0.451 bits per heavy atom. The highest BCUT2D eigenvalue weighted by molar-refractivity contribution is 5.76. The summed E-state index contributed by atoms with van der Waals surface area (Å²) in [7, 11) is 0. The van der Waals surface area contributed by atoms with Crippen molar-refractivity contribution in [2.45, 2.75) is 298 Å². The zero-order chi connectivity index (χ0) is 52.0. The van der Waals surface area contributed by atoms with Gasteiger partial charge in [0.25, 0.3) is 0 Å². The normalized spacial score (nSPS) is 32.2. The second kappa shape index (κ2) is 37.5. The number of hydrogen-bond acceptors (Lipinski definition) is 18. The monoisotopic (exact) mass is 1030 g/mol. The van der Waals surface area contributed by atoms with E-state index in [-0.39, 0.29) is 18.9 Å². The van der Waals surface area contributed by atoms with Crippen molar-refractivity contribution in [2.75, 3.05) is 26.4 Å². The standard InChI is InChI=1S/C52H99NO18/c1-3-5-7-9-10-11-12-13-14-15-16-17-18-19-20-21-22-23-24-25-26-28-30-40(58)53-35(36(57)29-27-8-6-4-2)34-66-50-46(64)43(61)48(38(32-55)68-50)71-52-47(65)44(62)49(39(33-56)69-52)70-51-45(63)42(60)41(59)37(31-54)67-51/h35-39,41-52,54-57,59-65H,3-34H2,1-2H3,(H,53,58). The van der Waals surface area contributed by atoms with Crippen molar-refractivity contribution in [1.29, 1.82) is 0 Å². The third-order valence-electron chi connectivity index (χ3n) is 14.4. The van der Waals surface area contributed by atoms with Crippen molar-refractivity contribution in [2.24, 2.45) is 0 Å². The van der Waals surface area contributed by atoms with Gasteiger partial charge in [0.2, 0.25) is 5.91 Å². The summed E-state index contributed by atoms with van der Waals surface area (Å²) < 4.78 is 34.0. The number of hydrogen-bond donors (Lipinski definition) is 12. The van der Waals surface area contributed by atoms with Crippen molar-refractivity contribution in [1.82, 2.24) is 5.32 Å². The molecule has 17 atom stereocenters. The van der Waals surface area contributed by atoms with Crippen LogP contribution in [0.2, 0.25) is 0 Å². The fourth-order valence-corrected chi connectivity index (χ4v) is 9.78. The van der Waals surface area contributed by atoms with E-state index in [2.05, 4.69) is 19.2 Å². The van der Waals surface area contributed by atoms with E-state index in [9.17, 15) is 61.0 Å². The van der Waals surface area contributed by atoms with Gasteiger partial charge in [-0.2, -0.15) is 0 Å². The molecule has 71 heavy (non-hydrogen) atoms. The molecule has 3 aliphatic heterocycles. The first-order chi connectivity index (χ1) is 34.3. The van der Waals surface area contributed by atoms with Gasteiger partial charge >= 0.3 is 0 Å². The van der Waals surface area contributed by atoms with E-state index in [0.717, 1.165) is 44.9 Å². The molecule has 0 bridgehead atoms. The van der Waals surface area contributed by atoms with Crippen LogP contribution in [0.15, 0.2) is 0 Å². The first-order valence-electron chi connectivity index (χ1n) is 27.8. The number of carbonyl (C=O) groups excluding carboxylic acids is 1. The minimum absolute atomic E-state index is 0.249. The van der Waals surface area contributed by atoms with Gasteiger partial charge < -0.3 is 89.9 Å². The Bertz CT molecular complexity index is 1320. The smallest absolute Gasteiger partial charge is 0.220 e. The molecule has 19 heteroatoms. The summed E-state index contributed by atoms with van der Waals surface area (Å²) in [5.41, 5.74) is 0. The summed E-state index contributed by atoms with van der Waals surface area (Å²) in [5.74, 6) is -0.249. The molecular weight excluding hydrogens is 927 g/mol. The van der Waals surface area contributed by atoms with E-state index >= 15 is 0 Å². The van der Waals surface area contributed by atoms with Gasteiger partial charge in [0.15, 0.2) is 18.9 Å². The molecule has 3 aliphatic rings. The summed E-state index contributed by atoms with van der Waals surface area (Å²) in [4.78, 5) is 13.2. The first kappa shape index (κ1) is 64.1. The molecule has 17 unspecified atom stereocenters. The van der Waals surface area contributed by atoms with E-state index in [4.69, 9.17) is 28.4 Å². The topological polar surface area (TPSA) is 307 Å². The zero-order valence-electron chi connectivity index (χ0n) is 43.2. The Morgan fingerprint density at radius 2 is 0.803 bits per heavy atom. The van der Waals surface area contributed by atoms with E-state index in [0.29, 0.717) is 12.8 Å². The van der Waals surface area contributed by atoms with Crippen molar-refractivity contribution in [3.8, 4) is 0 Å². The molecule has 19 nitrogen and oxygen atoms in total. The lowest BCUT2D eigenvalue weighted by atomic mass is 9.96. The van der Waals surface area contributed by atoms with Crippen molar-refractivity contribution >= 4 is 5.91 Å². The first-order valence-corrected chi connectivity index (χ1v) is 27.8. The number of ether oxygens (including phenoxy) is 6. The molecule has 0 aromatic carbocycles. The molecule has 0 saturated carbocycles. The molecule has 3 heterocycles. The van der Waals surface area contributed by atoms with Crippen LogP contribution in [0, 0.1) is 0 Å². The molecule has 3 saturated heterocycles. The Morgan fingerprint density at radius 3 is 1.23 bits per heavy atom. The quantitative estimate of drug-likeness (QED) is 0.0392. The fraction of sp³-hybridized carbons (Fsp3) is 0.981. The molecule has 420 valence electrons. The number of rotatable bonds is 40. The van der Waals surface area contributed by atoms with Gasteiger partial charge in [0.1, 0.15) is 73.2 Å². The molecule has 1 amide bonds. The number of aliphatic hydroxyl groups excluding tert-OH is 11. The van der Waals surface area contributed by atoms with E-state index in [1.54, 1.807) is 0 Å². The SMILES string of the molecule is CCCCCCCCCCCCCCCCCCCCCCCCC(=O)NC(COC1OC(CO)C(OC2OC(CO)C(OC3OC(CO)C(O)C(O)C3O)C(O)C2O)C(O)C1O)C(O)CCCCCC. The Labute approximate surface area is 423 Å². The van der Waals surface area contributed by atoms with Crippen LogP contribution in [-0.2, 0) is 33.2 Å². The molecule has 0 aromatic rings. The van der Waals surface area contributed by atoms with Crippen molar-refractivity contribution < 1.29 is 89.4 Å². The van der Waals surface area contributed by atoms with Gasteiger partial charge in [0.05, 0.1) is 38.6 Å². The molecule has 0 aliphatic carbocycles. The fourth-order valence-electron chi connectivity index (χ4n) is 9.78. The number of aliphatic hydroxyl groups is 11. The predicted octanol–water partition coefficient (Wildman–Crippen LogP) is 3.26. The van der Waals surface area contributed by atoms with Crippen LogP contribution in [0.1, 0.15) is 194 Å². The number of unbranched alkanes of at least 4 members (excludes halogenated alkanes) is 24. The molecule has 0 radical (unpaired) electrons. The zero-order valence-corrected chi connectivity index (χ0v) is 43.2. The molecule has 3 fully saturated rings. The minimum Gasteiger partial charge on any atom is -0.394 e. The highest BCUT2D eigenvalue weighted by Crippen LogP contribution is 2.33. The van der Waals surface area contributed by atoms with E-state index in [1.165, 1.54) is 116 Å². The molecule has 3 rings (SSSR count). The third-order valence-corrected chi connectivity index (χ3v) is 14.4. The second-order valence-corrected chi connectivity index (χ2v) is 20.4. The van der Waals surface area contributed by atoms with Crippen LogP contribution in [0.3, 0.4) is 0 Å². The van der Waals surface area contributed by atoms with Crippen LogP contribution >= 0.6 is 0 Å². The van der Waals surface area contributed by atoms with Crippen LogP contribution < -0.4 is 5.32 Å². The van der Waals surface area contributed by atoms with Crippen LogP contribution in [-0.4, -0.2) is 193 Å². The van der Waals surface area contributed by atoms with Crippen LogP contribution in [0.5, 0.6) is 0 Å². The minimum atomic E-state index is -1.97. The second-order valence-electron chi connectivity index (χ2n) is 20.4. The number of nitrogens with one attached hydrogen (secondary N) is 1. The lowest BCUT2D eigenvalue weighted by molar-refractivity contribution is -0.379. The van der Waals surface area contributed by atoms with E-state index in [1.807, 2.05) is 0 Å². The molecule has 12 N–H and O–H groups in total. The van der Waals surface area contributed by atoms with Gasteiger partial charge in [-0.15, -0.1) is 0 Å². The molecular formula is C52H99NO18. The average molecular weight is 1030 g/mol. The maximum absolute atomic E-state index is 13.2. The Kier molecular flexibility index (Phi) is 33.9. The highest BCUT2D eigenvalue weighted by atomic mass is 16.8. The lowest BCUT2D eigenvalue weighted by Crippen LogP contribution is -2.66. The van der Waals surface area contributed by atoms with Gasteiger partial charge in [-0.05, 0) is 12.8 Å². The lowest BCUT2D eigenvalue weighted by Gasteiger charge is -2.48. The van der Waals surface area contributed by atoms with Gasteiger partial charge in [-0.3, -0.25) is 4.79 Å². The van der Waals surface area contributed by atoms with Crippen molar-refractivity contribution in [3.05, 3.63) is 0 Å². The van der Waals surface area contributed by atoms with Crippen molar-refractivity contribution in [3.63, 3.8) is 0 Å². The average Bonchev–Trinajstić information content (AvgIpc) is 3.37. The Hall–Kier alpha value is -1.21. The van der Waals surface area contributed by atoms with Gasteiger partial charge in [-0.25, -0.2) is 0 Å². The van der Waals surface area contributed by atoms with E-state index < -0.39 is 124 Å². The summed E-state index contributed by atoms with van der Waals surface area (Å²) in [6.07, 6.45) is 5.90. The van der Waals surface area contributed by atoms with Crippen LogP contribution in [0.25, 0.3) is 0 Å². The number of amides is 1. The summed E-state index contributed by atoms with van der Waals surface area (Å²) in [6.45, 7) is 1.65. The maximum Gasteiger partial charge on any atom is 0.220 e. The Balaban J connectivity index is 1.39. The summed E-state index contributed by atoms with van der Waals surface area (Å²) in [6, 6.07) is -0.876. The maximum atomic E-state index is 13.2. The predicted molar refractivity (Wildman–Crippen MR) is 264 cm³/mol. The number of carbonyl (C=O) groups is 1. The third kappa shape index (κ3) is 22.9. The van der Waals surface area contributed by atoms with Crippen LogP contribution in [0.4, 0.5) is 0 Å². The molecule has 0 aromatic heterocycles. The molecule has 0 spiro atoms. The largest absolute Gasteiger partial charge is 0.394 e. The highest BCUT2D eigenvalue weighted by Gasteiger charge is 2.53.